The summed E-state index contributed by atoms with van der Waals surface area (Å²) in [7, 11) is 0. The number of amides is 4. The Bertz CT molecular complexity index is 1030. The van der Waals surface area contributed by atoms with Crippen LogP contribution in [0, 0.1) is 11.6 Å². The summed E-state index contributed by atoms with van der Waals surface area (Å²) in [4.78, 5) is 40.4. The first-order valence-electron chi connectivity index (χ1n) is 9.24. The maximum Gasteiger partial charge on any atom is 0.325 e. The van der Waals surface area contributed by atoms with Crippen molar-refractivity contribution < 1.29 is 23.2 Å². The Morgan fingerprint density at radius 2 is 1.86 bits per heavy atom. The van der Waals surface area contributed by atoms with Gasteiger partial charge in [0.15, 0.2) is 0 Å². The Balaban J connectivity index is 1.53. The predicted molar refractivity (Wildman–Crippen MR) is 99.5 cm³/mol. The minimum absolute atomic E-state index is 0.280. The van der Waals surface area contributed by atoms with E-state index in [2.05, 4.69) is 5.32 Å². The first-order valence-corrected chi connectivity index (χ1v) is 9.24. The van der Waals surface area contributed by atoms with Crippen molar-refractivity contribution in [1.29, 1.82) is 0 Å². The largest absolute Gasteiger partial charge is 0.336 e. The molecule has 0 spiro atoms. The molecule has 1 atom stereocenters. The number of benzene rings is 2. The highest BCUT2D eigenvalue weighted by Crippen LogP contribution is 2.31. The molecule has 0 aliphatic carbocycles. The van der Waals surface area contributed by atoms with Crippen molar-refractivity contribution in [2.24, 2.45) is 0 Å². The number of nitrogens with zero attached hydrogens (tertiary/aromatic N) is 2. The highest BCUT2D eigenvalue weighted by atomic mass is 19.1. The number of carbonyl (C=O) groups excluding carboxylic acids is 3. The van der Waals surface area contributed by atoms with Gasteiger partial charge < -0.3 is 10.2 Å². The van der Waals surface area contributed by atoms with Gasteiger partial charge in [-0.25, -0.2) is 13.6 Å². The Morgan fingerprint density at radius 1 is 1.14 bits per heavy atom. The predicted octanol–water partition coefficient (Wildman–Crippen LogP) is 2.32. The molecule has 0 unspecified atom stereocenters. The lowest BCUT2D eigenvalue weighted by Gasteiger charge is -2.30. The van der Waals surface area contributed by atoms with Gasteiger partial charge in [-0.05, 0) is 42.7 Å². The molecule has 29 heavy (non-hydrogen) atoms. The molecule has 0 saturated carbocycles. The van der Waals surface area contributed by atoms with Crippen LogP contribution in [-0.2, 0) is 28.1 Å². The molecular weight excluding hydrogens is 380 g/mol. The van der Waals surface area contributed by atoms with E-state index in [4.69, 9.17) is 0 Å². The second-order valence-electron chi connectivity index (χ2n) is 7.40. The highest BCUT2D eigenvalue weighted by molar-refractivity contribution is 6.09. The molecular formula is C21H19F2N3O3. The first-order chi connectivity index (χ1) is 13.8. The van der Waals surface area contributed by atoms with E-state index < -0.39 is 35.7 Å². The van der Waals surface area contributed by atoms with Gasteiger partial charge in [-0.15, -0.1) is 0 Å². The topological polar surface area (TPSA) is 69.7 Å². The molecule has 2 aliphatic rings. The average molecular weight is 399 g/mol. The fourth-order valence-electron chi connectivity index (χ4n) is 3.85. The number of hydrogen-bond donors (Lipinski definition) is 1. The Morgan fingerprint density at radius 3 is 2.62 bits per heavy atom. The number of carbonyl (C=O) groups is 3. The van der Waals surface area contributed by atoms with Crippen molar-refractivity contribution in [3.8, 4) is 0 Å². The maximum absolute atomic E-state index is 14.2. The molecule has 150 valence electrons. The molecule has 4 rings (SSSR count). The molecule has 2 aliphatic heterocycles. The molecule has 8 heteroatoms. The van der Waals surface area contributed by atoms with Crippen molar-refractivity contribution in [2.75, 3.05) is 13.1 Å². The minimum atomic E-state index is -1.78. The number of nitrogens with one attached hydrogen (secondary N) is 1. The van der Waals surface area contributed by atoms with E-state index >= 15 is 0 Å². The van der Waals surface area contributed by atoms with E-state index in [9.17, 15) is 23.2 Å². The van der Waals surface area contributed by atoms with Crippen LogP contribution in [0.4, 0.5) is 13.6 Å². The van der Waals surface area contributed by atoms with E-state index in [0.717, 1.165) is 28.7 Å². The van der Waals surface area contributed by atoms with Crippen molar-refractivity contribution in [1.82, 2.24) is 15.1 Å². The Hall–Kier alpha value is -3.29. The minimum Gasteiger partial charge on any atom is -0.336 e. The summed E-state index contributed by atoms with van der Waals surface area (Å²) in [5.74, 6) is -2.72. The Kier molecular flexibility index (Phi) is 4.56. The second kappa shape index (κ2) is 6.95. The number of halogens is 2. The monoisotopic (exact) mass is 399 g/mol. The van der Waals surface area contributed by atoms with E-state index in [1.165, 1.54) is 12.5 Å². The number of rotatable bonds is 3. The van der Waals surface area contributed by atoms with Crippen LogP contribution in [0.3, 0.4) is 0 Å². The van der Waals surface area contributed by atoms with Crippen LogP contribution >= 0.6 is 0 Å². The van der Waals surface area contributed by atoms with Crippen LogP contribution < -0.4 is 5.32 Å². The summed E-state index contributed by atoms with van der Waals surface area (Å²) in [6.07, 6.45) is 0.689. The summed E-state index contributed by atoms with van der Waals surface area (Å²) in [6, 6.07) is 9.67. The summed E-state index contributed by atoms with van der Waals surface area (Å²) < 4.78 is 27.8. The number of imide groups is 1. The van der Waals surface area contributed by atoms with Gasteiger partial charge in [-0.2, -0.15) is 0 Å². The summed E-state index contributed by atoms with van der Waals surface area (Å²) in [5, 5.41) is 2.40. The average Bonchev–Trinajstić information content (AvgIpc) is 2.93. The number of hydrogen-bond acceptors (Lipinski definition) is 3. The molecule has 2 aromatic carbocycles. The molecule has 1 fully saturated rings. The summed E-state index contributed by atoms with van der Waals surface area (Å²) in [5.41, 5.74) is 0.132. The fourth-order valence-corrected chi connectivity index (χ4v) is 3.85. The zero-order valence-corrected chi connectivity index (χ0v) is 15.7. The normalized spacial score (nSPS) is 21.2. The van der Waals surface area contributed by atoms with Gasteiger partial charge >= 0.3 is 6.03 Å². The zero-order chi connectivity index (χ0) is 20.8. The molecule has 0 bridgehead atoms. The smallest absolute Gasteiger partial charge is 0.325 e. The van der Waals surface area contributed by atoms with E-state index in [1.807, 2.05) is 24.3 Å². The van der Waals surface area contributed by atoms with Crippen molar-refractivity contribution in [3.63, 3.8) is 0 Å². The van der Waals surface area contributed by atoms with E-state index in [-0.39, 0.29) is 11.5 Å². The van der Waals surface area contributed by atoms with Gasteiger partial charge in [0.2, 0.25) is 5.91 Å². The zero-order valence-electron chi connectivity index (χ0n) is 15.7. The molecule has 0 aromatic heterocycles. The summed E-state index contributed by atoms with van der Waals surface area (Å²) >= 11 is 0. The molecule has 0 radical (unpaired) electrons. The maximum atomic E-state index is 14.2. The van der Waals surface area contributed by atoms with Gasteiger partial charge in [0.25, 0.3) is 5.91 Å². The molecule has 1 saturated heterocycles. The molecule has 2 aromatic rings. The quantitative estimate of drug-likeness (QED) is 0.806. The van der Waals surface area contributed by atoms with E-state index in [1.54, 1.807) is 4.90 Å². The first kappa shape index (κ1) is 19.0. The number of fused-ring (bicyclic) bond motifs is 1. The van der Waals surface area contributed by atoms with Gasteiger partial charge in [0.1, 0.15) is 23.7 Å². The van der Waals surface area contributed by atoms with Crippen LogP contribution in [0.1, 0.15) is 23.6 Å². The van der Waals surface area contributed by atoms with E-state index in [0.29, 0.717) is 19.5 Å². The molecule has 2 heterocycles. The molecule has 4 amide bonds. The fraction of sp³-hybridized carbons (Fsp3) is 0.286. The molecule has 6 nitrogen and oxygen atoms in total. The lowest BCUT2D eigenvalue weighted by molar-refractivity contribution is -0.139. The lowest BCUT2D eigenvalue weighted by atomic mass is 9.91. The van der Waals surface area contributed by atoms with Gasteiger partial charge in [0.05, 0.1) is 0 Å². The molecule has 1 N–H and O–H groups in total. The third kappa shape index (κ3) is 3.24. The van der Waals surface area contributed by atoms with Crippen molar-refractivity contribution >= 4 is 17.8 Å². The van der Waals surface area contributed by atoms with Crippen LogP contribution in [-0.4, -0.2) is 40.7 Å². The Labute approximate surface area is 166 Å². The van der Waals surface area contributed by atoms with Crippen molar-refractivity contribution in [3.05, 3.63) is 70.8 Å². The van der Waals surface area contributed by atoms with Crippen LogP contribution in [0.25, 0.3) is 0 Å². The van der Waals surface area contributed by atoms with Crippen LogP contribution in [0.2, 0.25) is 0 Å². The second-order valence-corrected chi connectivity index (χ2v) is 7.40. The van der Waals surface area contributed by atoms with Gasteiger partial charge in [0, 0.05) is 18.7 Å². The third-order valence-corrected chi connectivity index (χ3v) is 5.52. The van der Waals surface area contributed by atoms with Gasteiger partial charge in [-0.1, -0.05) is 24.3 Å². The van der Waals surface area contributed by atoms with Gasteiger partial charge in [-0.3, -0.25) is 14.5 Å². The van der Waals surface area contributed by atoms with Crippen LogP contribution in [0.5, 0.6) is 0 Å². The number of urea groups is 1. The third-order valence-electron chi connectivity index (χ3n) is 5.52. The SMILES string of the molecule is C[C@@]1(c2cc(F)ccc2F)NC(=O)N(CC(=O)N2CCc3ccccc3C2)C1=O. The standard InChI is InChI=1S/C21H19F2N3O3/c1-21(16-10-15(22)6-7-17(16)23)19(28)26(20(29)24-21)12-18(27)25-9-8-13-4-2-3-5-14(13)11-25/h2-7,10H,8-9,11-12H2,1H3,(H,24,29)/t21-/m0/s1. The summed E-state index contributed by atoms with van der Waals surface area (Å²) in [6.45, 7) is 1.72. The lowest BCUT2D eigenvalue weighted by Crippen LogP contribution is -2.46. The van der Waals surface area contributed by atoms with Crippen LogP contribution in [0.15, 0.2) is 42.5 Å². The highest BCUT2D eigenvalue weighted by Gasteiger charge is 2.51. The van der Waals surface area contributed by atoms with Crippen molar-refractivity contribution in [2.45, 2.75) is 25.4 Å².